The molecular formula is C10H16O3. The van der Waals surface area contributed by atoms with E-state index in [2.05, 4.69) is 6.58 Å². The first kappa shape index (κ1) is 10.4. The molecule has 0 spiro atoms. The molecule has 1 aliphatic rings. The maximum absolute atomic E-state index is 10.5. The first-order valence-corrected chi connectivity index (χ1v) is 4.38. The summed E-state index contributed by atoms with van der Waals surface area (Å²) < 4.78 is 11.2. The van der Waals surface area contributed by atoms with Crippen molar-refractivity contribution in [1.29, 1.82) is 0 Å². The van der Waals surface area contributed by atoms with Crippen LogP contribution in [-0.4, -0.2) is 23.8 Å². The molecule has 1 saturated heterocycles. The van der Waals surface area contributed by atoms with Gasteiger partial charge in [0, 0.05) is 6.42 Å². The summed E-state index contributed by atoms with van der Waals surface area (Å²) in [7, 11) is 0. The minimum Gasteiger partial charge on any atom is -0.341 e. The van der Waals surface area contributed by atoms with Crippen molar-refractivity contribution >= 4 is 6.29 Å². The molecule has 0 aromatic rings. The Hall–Kier alpha value is -0.670. The average molecular weight is 184 g/mol. The number of ether oxygens (including phenoxy) is 2. The van der Waals surface area contributed by atoms with E-state index in [9.17, 15) is 4.79 Å². The third-order valence-electron chi connectivity index (χ3n) is 2.19. The monoisotopic (exact) mass is 184 g/mol. The molecule has 1 aliphatic heterocycles. The number of carbonyl (C=O) groups excluding carboxylic acids is 1. The van der Waals surface area contributed by atoms with Crippen molar-refractivity contribution < 1.29 is 14.3 Å². The van der Waals surface area contributed by atoms with Crippen LogP contribution in [0.2, 0.25) is 0 Å². The fraction of sp³-hybridized carbons (Fsp3) is 0.700. The van der Waals surface area contributed by atoms with Gasteiger partial charge in [-0.15, -0.1) is 6.58 Å². The van der Waals surface area contributed by atoms with Crippen LogP contribution in [0.25, 0.3) is 0 Å². The van der Waals surface area contributed by atoms with Gasteiger partial charge in [0.15, 0.2) is 5.79 Å². The summed E-state index contributed by atoms with van der Waals surface area (Å²) in [4.78, 5) is 10.5. The van der Waals surface area contributed by atoms with Crippen LogP contribution < -0.4 is 0 Å². The third-order valence-corrected chi connectivity index (χ3v) is 2.19. The van der Waals surface area contributed by atoms with Gasteiger partial charge < -0.3 is 14.3 Å². The van der Waals surface area contributed by atoms with Gasteiger partial charge in [-0.25, -0.2) is 0 Å². The van der Waals surface area contributed by atoms with Crippen molar-refractivity contribution in [2.45, 2.75) is 44.7 Å². The van der Waals surface area contributed by atoms with Crippen LogP contribution in [-0.2, 0) is 14.3 Å². The van der Waals surface area contributed by atoms with E-state index in [0.29, 0.717) is 6.42 Å². The molecule has 1 heterocycles. The molecule has 0 saturated carbocycles. The van der Waals surface area contributed by atoms with Crippen molar-refractivity contribution in [2.24, 2.45) is 0 Å². The quantitative estimate of drug-likeness (QED) is 0.494. The van der Waals surface area contributed by atoms with Gasteiger partial charge in [0.2, 0.25) is 0 Å². The molecule has 2 atom stereocenters. The molecule has 1 fully saturated rings. The fourth-order valence-corrected chi connectivity index (χ4v) is 1.69. The highest BCUT2D eigenvalue weighted by molar-refractivity contribution is 5.52. The van der Waals surface area contributed by atoms with Gasteiger partial charge in [-0.1, -0.05) is 6.08 Å². The van der Waals surface area contributed by atoms with Gasteiger partial charge in [-0.3, -0.25) is 0 Å². The van der Waals surface area contributed by atoms with Gasteiger partial charge in [-0.05, 0) is 20.8 Å². The molecule has 0 amide bonds. The van der Waals surface area contributed by atoms with Crippen molar-refractivity contribution in [3.05, 3.63) is 12.7 Å². The Balaban J connectivity index is 2.84. The Labute approximate surface area is 78.7 Å². The zero-order valence-corrected chi connectivity index (χ0v) is 8.37. The third kappa shape index (κ3) is 1.98. The number of carbonyl (C=O) groups is 1. The van der Waals surface area contributed by atoms with E-state index in [-0.39, 0.29) is 6.10 Å². The van der Waals surface area contributed by atoms with Crippen LogP contribution in [0.4, 0.5) is 0 Å². The average Bonchev–Trinajstić information content (AvgIpc) is 2.21. The van der Waals surface area contributed by atoms with E-state index in [1.165, 1.54) is 0 Å². The molecule has 0 unspecified atom stereocenters. The molecule has 0 aromatic heterocycles. The molecule has 0 N–H and O–H groups in total. The maximum atomic E-state index is 10.5. The molecule has 3 nitrogen and oxygen atoms in total. The summed E-state index contributed by atoms with van der Waals surface area (Å²) in [6.45, 7) is 9.19. The molecule has 1 rings (SSSR count). The molecular weight excluding hydrogens is 168 g/mol. The second-order valence-electron chi connectivity index (χ2n) is 3.96. The number of aldehydes is 1. The summed E-state index contributed by atoms with van der Waals surface area (Å²) in [5, 5.41) is 0. The van der Waals surface area contributed by atoms with Gasteiger partial charge in [0.25, 0.3) is 0 Å². The molecule has 0 aromatic carbocycles. The molecule has 74 valence electrons. The van der Waals surface area contributed by atoms with E-state index < -0.39 is 11.4 Å². The summed E-state index contributed by atoms with van der Waals surface area (Å²) in [6, 6.07) is 0. The smallest absolute Gasteiger partial charge is 0.164 e. The van der Waals surface area contributed by atoms with E-state index in [1.807, 2.05) is 20.8 Å². The number of hydrogen-bond acceptors (Lipinski definition) is 3. The minimum absolute atomic E-state index is 0.215. The van der Waals surface area contributed by atoms with E-state index >= 15 is 0 Å². The Morgan fingerprint density at radius 1 is 1.46 bits per heavy atom. The predicted molar refractivity (Wildman–Crippen MR) is 49.3 cm³/mol. The highest BCUT2D eigenvalue weighted by atomic mass is 16.8. The highest BCUT2D eigenvalue weighted by Crippen LogP contribution is 2.38. The lowest BCUT2D eigenvalue weighted by atomic mass is 9.96. The van der Waals surface area contributed by atoms with Gasteiger partial charge >= 0.3 is 0 Å². The number of rotatable bonds is 3. The summed E-state index contributed by atoms with van der Waals surface area (Å²) in [5.41, 5.74) is -0.562. The predicted octanol–water partition coefficient (Wildman–Crippen LogP) is 1.67. The largest absolute Gasteiger partial charge is 0.341 e. The minimum atomic E-state index is -0.628. The number of hydrogen-bond donors (Lipinski definition) is 0. The normalized spacial score (nSPS) is 37.3. The Kier molecular flexibility index (Phi) is 2.59. The lowest BCUT2D eigenvalue weighted by molar-refractivity contribution is -0.160. The summed E-state index contributed by atoms with van der Waals surface area (Å²) >= 11 is 0. The van der Waals surface area contributed by atoms with Crippen molar-refractivity contribution in [3.63, 3.8) is 0 Å². The van der Waals surface area contributed by atoms with E-state index in [0.717, 1.165) is 6.29 Å². The lowest BCUT2D eigenvalue weighted by Gasteiger charge is -2.24. The fourth-order valence-electron chi connectivity index (χ4n) is 1.69. The zero-order chi connectivity index (χ0) is 10.1. The van der Waals surface area contributed by atoms with Gasteiger partial charge in [0.05, 0.1) is 0 Å². The van der Waals surface area contributed by atoms with Crippen LogP contribution in [0, 0.1) is 0 Å². The summed E-state index contributed by atoms with van der Waals surface area (Å²) in [5.74, 6) is -0.628. The van der Waals surface area contributed by atoms with Crippen LogP contribution in [0.1, 0.15) is 27.2 Å². The second-order valence-corrected chi connectivity index (χ2v) is 3.96. The van der Waals surface area contributed by atoms with Crippen molar-refractivity contribution in [2.75, 3.05) is 0 Å². The zero-order valence-electron chi connectivity index (χ0n) is 8.37. The van der Waals surface area contributed by atoms with E-state index in [1.54, 1.807) is 6.08 Å². The molecule has 0 aliphatic carbocycles. The summed E-state index contributed by atoms with van der Waals surface area (Å²) in [6.07, 6.45) is 2.64. The Morgan fingerprint density at radius 2 is 2.08 bits per heavy atom. The standard InChI is InChI=1S/C10H16O3/c1-5-8-10(4,6-7-11)13-9(2,3)12-8/h5,7-8H,1,6H2,2-4H3/t8-,10+/m1/s1. The van der Waals surface area contributed by atoms with Crippen molar-refractivity contribution in [3.8, 4) is 0 Å². The van der Waals surface area contributed by atoms with Crippen molar-refractivity contribution in [1.82, 2.24) is 0 Å². The van der Waals surface area contributed by atoms with Crippen LogP contribution in [0.15, 0.2) is 12.7 Å². The topological polar surface area (TPSA) is 35.5 Å². The van der Waals surface area contributed by atoms with Crippen LogP contribution >= 0.6 is 0 Å². The first-order chi connectivity index (χ1) is 5.93. The molecule has 0 radical (unpaired) electrons. The molecule has 0 bridgehead atoms. The SMILES string of the molecule is C=C[C@H]1OC(C)(C)O[C@@]1(C)CC=O. The Bertz CT molecular complexity index is 222. The highest BCUT2D eigenvalue weighted by Gasteiger charge is 2.48. The molecule has 13 heavy (non-hydrogen) atoms. The molecule has 3 heteroatoms. The van der Waals surface area contributed by atoms with E-state index in [4.69, 9.17) is 9.47 Å². The Morgan fingerprint density at radius 3 is 2.54 bits per heavy atom. The lowest BCUT2D eigenvalue weighted by Crippen LogP contribution is -2.36. The second kappa shape index (κ2) is 3.24. The first-order valence-electron chi connectivity index (χ1n) is 4.38. The van der Waals surface area contributed by atoms with Crippen LogP contribution in [0.3, 0.4) is 0 Å². The maximum Gasteiger partial charge on any atom is 0.164 e. The van der Waals surface area contributed by atoms with Crippen LogP contribution in [0.5, 0.6) is 0 Å². The van der Waals surface area contributed by atoms with Gasteiger partial charge in [0.1, 0.15) is 18.0 Å². The van der Waals surface area contributed by atoms with Gasteiger partial charge in [-0.2, -0.15) is 0 Å².